The first-order chi connectivity index (χ1) is 6.20. The van der Waals surface area contributed by atoms with E-state index in [0.29, 0.717) is 0 Å². The zero-order valence-corrected chi connectivity index (χ0v) is 10.1. The number of aliphatic carboxylic acids is 1. The summed E-state index contributed by atoms with van der Waals surface area (Å²) in [5.41, 5.74) is 0.740. The number of rotatable bonds is 4. The second kappa shape index (κ2) is 7.01. The van der Waals surface area contributed by atoms with Gasteiger partial charge in [0.05, 0.1) is 6.10 Å². The number of hydrogen-bond acceptors (Lipinski definition) is 3. The summed E-state index contributed by atoms with van der Waals surface area (Å²) in [4.78, 5) is 10.1. The maximum Gasteiger partial charge on any atom is 1.00 e. The molecule has 0 aliphatic rings. The molecule has 0 fully saturated rings. The minimum atomic E-state index is -1.13. The molecule has 0 heterocycles. The smallest absolute Gasteiger partial charge is 0.550 e. The Bertz CT molecular complexity index is 274. The normalized spacial score (nSPS) is 11.5. The van der Waals surface area contributed by atoms with Crippen LogP contribution in [0.15, 0.2) is 30.3 Å². The van der Waals surface area contributed by atoms with Crippen molar-refractivity contribution in [2.75, 3.05) is 0 Å². The van der Waals surface area contributed by atoms with E-state index in [1.165, 1.54) is 0 Å². The van der Waals surface area contributed by atoms with E-state index in [-0.39, 0.29) is 42.4 Å². The van der Waals surface area contributed by atoms with Gasteiger partial charge in [0.2, 0.25) is 0 Å². The Morgan fingerprint density at radius 3 is 2.43 bits per heavy atom. The van der Waals surface area contributed by atoms with Crippen LogP contribution in [0, 0.1) is 0 Å². The Labute approximate surface area is 105 Å². The maximum absolute atomic E-state index is 10.1. The Balaban J connectivity index is 0.00000169. The van der Waals surface area contributed by atoms with Crippen LogP contribution in [0.3, 0.4) is 0 Å². The van der Waals surface area contributed by atoms with Crippen molar-refractivity contribution < 1.29 is 44.6 Å². The summed E-state index contributed by atoms with van der Waals surface area (Å²) in [5.74, 6) is -1.13. The van der Waals surface area contributed by atoms with Crippen molar-refractivity contribution >= 4 is 5.97 Å². The molecule has 0 saturated carbocycles. The minimum Gasteiger partial charge on any atom is -0.550 e. The summed E-state index contributed by atoms with van der Waals surface area (Å²) in [6.45, 7) is 0. The van der Waals surface area contributed by atoms with Gasteiger partial charge >= 0.3 is 29.6 Å². The van der Waals surface area contributed by atoms with Gasteiger partial charge in [0.15, 0.2) is 0 Å². The quantitative estimate of drug-likeness (QED) is 0.539. The second-order valence-corrected chi connectivity index (χ2v) is 2.84. The van der Waals surface area contributed by atoms with Gasteiger partial charge in [-0.3, -0.25) is 0 Å². The van der Waals surface area contributed by atoms with Crippen LogP contribution in [0.25, 0.3) is 0 Å². The van der Waals surface area contributed by atoms with Crippen LogP contribution >= 0.6 is 0 Å². The number of carboxylic acids is 1. The number of aliphatic hydroxyl groups is 1. The molecule has 0 aliphatic carbocycles. The molecule has 0 saturated heterocycles. The second-order valence-electron chi connectivity index (χ2n) is 2.84. The largest absolute Gasteiger partial charge is 1.00 e. The minimum absolute atomic E-state index is 0. The van der Waals surface area contributed by atoms with Gasteiger partial charge in [-0.05, 0) is 18.4 Å². The molecule has 70 valence electrons. The zero-order valence-electron chi connectivity index (χ0n) is 8.14. The van der Waals surface area contributed by atoms with Gasteiger partial charge < -0.3 is 15.0 Å². The van der Waals surface area contributed by atoms with Gasteiger partial charge in [0.1, 0.15) is 0 Å². The van der Waals surface area contributed by atoms with Gasteiger partial charge in [-0.15, -0.1) is 0 Å². The molecular weight excluding hydrogens is 191 g/mol. The molecule has 0 amide bonds. The number of aliphatic hydroxyl groups excluding tert-OH is 1. The van der Waals surface area contributed by atoms with Crippen LogP contribution < -0.4 is 34.7 Å². The topological polar surface area (TPSA) is 60.4 Å². The van der Waals surface area contributed by atoms with Crippen molar-refractivity contribution in [2.24, 2.45) is 0 Å². The summed E-state index contributed by atoms with van der Waals surface area (Å²) >= 11 is 0. The molecule has 0 aromatic heterocycles. The Morgan fingerprint density at radius 2 is 1.93 bits per heavy atom. The number of hydrogen-bond donors (Lipinski definition) is 1. The fourth-order valence-corrected chi connectivity index (χ4v) is 1.10. The number of carboxylic acid groups (broad SMARTS) is 1. The molecule has 0 radical (unpaired) electrons. The molecule has 1 rings (SSSR count). The third kappa shape index (κ3) is 4.77. The van der Waals surface area contributed by atoms with E-state index in [9.17, 15) is 15.0 Å². The Morgan fingerprint density at radius 1 is 1.36 bits per heavy atom. The molecule has 0 aliphatic heterocycles. The van der Waals surface area contributed by atoms with Gasteiger partial charge in [-0.2, -0.15) is 0 Å². The van der Waals surface area contributed by atoms with E-state index in [4.69, 9.17) is 0 Å². The molecule has 1 aromatic rings. The van der Waals surface area contributed by atoms with Crippen molar-refractivity contribution in [1.29, 1.82) is 0 Å². The van der Waals surface area contributed by atoms with Crippen molar-refractivity contribution in [3.8, 4) is 0 Å². The average Bonchev–Trinajstić information content (AvgIpc) is 2.15. The first kappa shape index (κ1) is 13.7. The van der Waals surface area contributed by atoms with E-state index in [1.807, 2.05) is 6.07 Å². The predicted octanol–water partition coefficient (Wildman–Crippen LogP) is -2.75. The summed E-state index contributed by atoms with van der Waals surface area (Å²) in [6.07, 6.45) is -0.623. The molecule has 1 unspecified atom stereocenters. The monoisotopic (exact) mass is 202 g/mol. The van der Waals surface area contributed by atoms with Crippen LogP contribution in [0.1, 0.15) is 24.5 Å². The van der Waals surface area contributed by atoms with E-state index < -0.39 is 12.1 Å². The van der Waals surface area contributed by atoms with Gasteiger partial charge in [0, 0.05) is 5.97 Å². The molecular formula is C10H11NaO3. The van der Waals surface area contributed by atoms with Crippen molar-refractivity contribution in [3.05, 3.63) is 35.9 Å². The standard InChI is InChI=1S/C10H12O3.Na/c11-9(6-7-10(12)13)8-4-2-1-3-5-8;/h1-5,9,11H,6-7H2,(H,12,13);/q;+1/p-1. The van der Waals surface area contributed by atoms with E-state index in [1.54, 1.807) is 24.3 Å². The molecule has 1 atom stereocenters. The van der Waals surface area contributed by atoms with E-state index in [0.717, 1.165) is 5.56 Å². The summed E-state index contributed by atoms with van der Waals surface area (Å²) < 4.78 is 0. The van der Waals surface area contributed by atoms with Crippen LogP contribution in [-0.2, 0) is 4.79 Å². The molecule has 4 heteroatoms. The molecule has 1 aromatic carbocycles. The maximum atomic E-state index is 10.1. The number of carbonyl (C=O) groups excluding carboxylic acids is 1. The van der Waals surface area contributed by atoms with Crippen LogP contribution in [0.5, 0.6) is 0 Å². The fourth-order valence-electron chi connectivity index (χ4n) is 1.10. The first-order valence-corrected chi connectivity index (χ1v) is 4.13. The van der Waals surface area contributed by atoms with E-state index >= 15 is 0 Å². The molecule has 0 bridgehead atoms. The fraction of sp³-hybridized carbons (Fsp3) is 0.300. The van der Waals surface area contributed by atoms with Crippen molar-refractivity contribution in [1.82, 2.24) is 0 Å². The third-order valence-corrected chi connectivity index (χ3v) is 1.81. The third-order valence-electron chi connectivity index (χ3n) is 1.81. The number of benzene rings is 1. The predicted molar refractivity (Wildman–Crippen MR) is 45.6 cm³/mol. The van der Waals surface area contributed by atoms with Crippen molar-refractivity contribution in [2.45, 2.75) is 18.9 Å². The molecule has 1 N–H and O–H groups in total. The summed E-state index contributed by atoms with van der Waals surface area (Å²) in [5, 5.41) is 19.6. The van der Waals surface area contributed by atoms with Gasteiger partial charge in [0.25, 0.3) is 0 Å². The van der Waals surface area contributed by atoms with Gasteiger partial charge in [-0.25, -0.2) is 0 Å². The molecule has 3 nitrogen and oxygen atoms in total. The zero-order chi connectivity index (χ0) is 9.68. The first-order valence-electron chi connectivity index (χ1n) is 4.13. The Hall–Kier alpha value is -0.350. The van der Waals surface area contributed by atoms with Crippen molar-refractivity contribution in [3.63, 3.8) is 0 Å². The molecule has 14 heavy (non-hydrogen) atoms. The number of carbonyl (C=O) groups is 1. The Kier molecular flexibility index (Phi) is 6.83. The summed E-state index contributed by atoms with van der Waals surface area (Å²) in [7, 11) is 0. The summed E-state index contributed by atoms with van der Waals surface area (Å²) in [6, 6.07) is 8.98. The van der Waals surface area contributed by atoms with Gasteiger partial charge in [-0.1, -0.05) is 30.3 Å². The SMILES string of the molecule is O=C([O-])CCC(O)c1ccccc1.[Na+]. The van der Waals surface area contributed by atoms with E-state index in [2.05, 4.69) is 0 Å². The average molecular weight is 202 g/mol. The van der Waals surface area contributed by atoms with Crippen LogP contribution in [0.2, 0.25) is 0 Å². The van der Waals surface area contributed by atoms with Crippen LogP contribution in [-0.4, -0.2) is 11.1 Å². The van der Waals surface area contributed by atoms with Crippen LogP contribution in [0.4, 0.5) is 0 Å². The molecule has 0 spiro atoms.